The number of nitrogens with two attached hydrogens (primary N) is 1. The van der Waals surface area contributed by atoms with Crippen LogP contribution in [-0.4, -0.2) is 35.9 Å². The third-order valence-electron chi connectivity index (χ3n) is 3.32. The van der Waals surface area contributed by atoms with E-state index >= 15 is 0 Å². The van der Waals surface area contributed by atoms with Crippen LogP contribution in [0.25, 0.3) is 0 Å². The van der Waals surface area contributed by atoms with E-state index in [1.807, 2.05) is 37.1 Å². The quantitative estimate of drug-likeness (QED) is 0.621. The molecule has 0 aliphatic carbocycles. The first-order valence-corrected chi connectivity index (χ1v) is 7.77. The number of hydrazine groups is 1. The Morgan fingerprint density at radius 2 is 2.21 bits per heavy atom. The third-order valence-corrected chi connectivity index (χ3v) is 4.04. The van der Waals surface area contributed by atoms with Gasteiger partial charge in [-0.2, -0.15) is 11.8 Å². The fourth-order valence-corrected chi connectivity index (χ4v) is 2.89. The van der Waals surface area contributed by atoms with E-state index in [-0.39, 0.29) is 11.9 Å². The van der Waals surface area contributed by atoms with Crippen molar-refractivity contribution in [2.75, 3.05) is 24.5 Å². The Balaban J connectivity index is 2.93. The lowest BCUT2D eigenvalue weighted by atomic mass is 10.1. The predicted octanol–water partition coefficient (Wildman–Crippen LogP) is 2.49. The molecule has 0 aliphatic heterocycles. The molecular weight excluding hydrogens is 258 g/mol. The van der Waals surface area contributed by atoms with Gasteiger partial charge < -0.3 is 10.3 Å². The Hall–Kier alpha value is -1.20. The predicted molar refractivity (Wildman–Crippen MR) is 83.5 cm³/mol. The molecule has 0 spiro atoms. The lowest BCUT2D eigenvalue weighted by Crippen LogP contribution is -2.38. The second kappa shape index (κ2) is 7.40. The molecule has 0 saturated carbocycles. The average molecular weight is 281 g/mol. The van der Waals surface area contributed by atoms with Gasteiger partial charge in [-0.1, -0.05) is 6.92 Å². The molecule has 0 saturated heterocycles. The fraction of sp³-hybridized carbons (Fsp3) is 0.500. The van der Waals surface area contributed by atoms with Gasteiger partial charge in [0.25, 0.3) is 5.91 Å². The molecule has 106 valence electrons. The van der Waals surface area contributed by atoms with Gasteiger partial charge in [-0.15, -0.1) is 0 Å². The molecule has 1 rings (SSSR count). The average Bonchev–Trinajstić information content (AvgIpc) is 2.43. The summed E-state index contributed by atoms with van der Waals surface area (Å²) in [5, 5.41) is 0. The minimum Gasteiger partial charge on any atom is -0.338 e. The number of carbonyl (C=O) groups is 1. The fourth-order valence-electron chi connectivity index (χ4n) is 2.05. The Morgan fingerprint density at radius 3 is 2.68 bits per heavy atom. The van der Waals surface area contributed by atoms with Crippen LogP contribution in [0.4, 0.5) is 5.69 Å². The van der Waals surface area contributed by atoms with Crippen molar-refractivity contribution in [3.05, 3.63) is 29.3 Å². The van der Waals surface area contributed by atoms with Gasteiger partial charge in [0.15, 0.2) is 0 Å². The number of hydrogen-bond acceptors (Lipinski definition) is 4. The normalized spacial score (nSPS) is 12.1. The van der Waals surface area contributed by atoms with Gasteiger partial charge in [0, 0.05) is 30.1 Å². The van der Waals surface area contributed by atoms with Crippen molar-refractivity contribution in [2.24, 2.45) is 5.84 Å². The van der Waals surface area contributed by atoms with E-state index < -0.39 is 0 Å². The Bertz CT molecular complexity index is 437. The van der Waals surface area contributed by atoms with Crippen molar-refractivity contribution >= 4 is 23.4 Å². The third kappa shape index (κ3) is 3.88. The maximum atomic E-state index is 12.5. The summed E-state index contributed by atoms with van der Waals surface area (Å²) in [6.45, 7) is 4.04. The molecule has 0 radical (unpaired) electrons. The second-order valence-corrected chi connectivity index (χ2v) is 5.52. The monoisotopic (exact) mass is 281 g/mol. The van der Waals surface area contributed by atoms with Crippen LogP contribution < -0.4 is 11.3 Å². The van der Waals surface area contributed by atoms with Crippen molar-refractivity contribution < 1.29 is 4.79 Å². The number of nitrogens with one attached hydrogen (secondary N) is 1. The van der Waals surface area contributed by atoms with Gasteiger partial charge in [-0.05, 0) is 43.4 Å². The number of hydrogen-bond donors (Lipinski definition) is 2. The van der Waals surface area contributed by atoms with Crippen LogP contribution in [-0.2, 0) is 0 Å². The van der Waals surface area contributed by atoms with Crippen LogP contribution in [0.15, 0.2) is 18.2 Å². The van der Waals surface area contributed by atoms with E-state index in [4.69, 9.17) is 5.84 Å². The molecule has 3 N–H and O–H groups in total. The topological polar surface area (TPSA) is 58.4 Å². The summed E-state index contributed by atoms with van der Waals surface area (Å²) < 4.78 is 0. The van der Waals surface area contributed by atoms with Crippen LogP contribution in [0, 0.1) is 6.92 Å². The zero-order chi connectivity index (χ0) is 14.4. The molecule has 1 amide bonds. The molecule has 0 aliphatic rings. The summed E-state index contributed by atoms with van der Waals surface area (Å²) in [5.74, 6) is 6.40. The van der Waals surface area contributed by atoms with Gasteiger partial charge in [0.2, 0.25) is 0 Å². The maximum absolute atomic E-state index is 12.5. The van der Waals surface area contributed by atoms with Crippen LogP contribution in [0.5, 0.6) is 0 Å². The zero-order valence-electron chi connectivity index (χ0n) is 12.1. The largest absolute Gasteiger partial charge is 0.338 e. The van der Waals surface area contributed by atoms with Crippen molar-refractivity contribution in [3.8, 4) is 0 Å². The van der Waals surface area contributed by atoms with E-state index in [2.05, 4.69) is 18.6 Å². The van der Waals surface area contributed by atoms with E-state index in [0.29, 0.717) is 0 Å². The Kier molecular flexibility index (Phi) is 6.18. The van der Waals surface area contributed by atoms with E-state index in [0.717, 1.165) is 29.0 Å². The summed E-state index contributed by atoms with van der Waals surface area (Å²) >= 11 is 1.77. The van der Waals surface area contributed by atoms with Gasteiger partial charge in [-0.25, -0.2) is 0 Å². The Labute approximate surface area is 119 Å². The van der Waals surface area contributed by atoms with Gasteiger partial charge in [-0.3, -0.25) is 10.6 Å². The van der Waals surface area contributed by atoms with Crippen LogP contribution in [0.2, 0.25) is 0 Å². The Morgan fingerprint density at radius 1 is 1.53 bits per heavy atom. The number of amides is 1. The van der Waals surface area contributed by atoms with Crippen LogP contribution in [0.1, 0.15) is 29.3 Å². The number of rotatable bonds is 6. The smallest absolute Gasteiger partial charge is 0.254 e. The van der Waals surface area contributed by atoms with E-state index in [1.54, 1.807) is 11.8 Å². The highest BCUT2D eigenvalue weighted by Crippen LogP contribution is 2.18. The first-order chi connectivity index (χ1) is 9.04. The lowest BCUT2D eigenvalue weighted by molar-refractivity contribution is 0.0743. The second-order valence-electron chi connectivity index (χ2n) is 4.61. The number of thioether (sulfide) groups is 1. The number of anilines is 1. The maximum Gasteiger partial charge on any atom is 0.254 e. The molecule has 0 bridgehead atoms. The molecular formula is C14H23N3OS. The minimum absolute atomic E-state index is 0.0713. The van der Waals surface area contributed by atoms with E-state index in [9.17, 15) is 4.79 Å². The molecule has 0 aromatic heterocycles. The number of nitrogens with zero attached hydrogens (tertiary/aromatic N) is 1. The number of benzene rings is 1. The summed E-state index contributed by atoms with van der Waals surface area (Å²) in [6.07, 6.45) is 3.03. The first kappa shape index (κ1) is 15.9. The highest BCUT2D eigenvalue weighted by atomic mass is 32.2. The lowest BCUT2D eigenvalue weighted by Gasteiger charge is -2.27. The standard InChI is InChI=1S/C14H23N3OS/c1-5-12(9-19-4)17(3)14(18)13-7-6-11(16-15)8-10(13)2/h6-8,12,16H,5,9,15H2,1-4H3. The minimum atomic E-state index is 0.0713. The highest BCUT2D eigenvalue weighted by molar-refractivity contribution is 7.98. The molecule has 5 heteroatoms. The molecule has 19 heavy (non-hydrogen) atoms. The summed E-state index contributed by atoms with van der Waals surface area (Å²) in [7, 11) is 1.88. The molecule has 1 aromatic rings. The molecule has 1 unspecified atom stereocenters. The van der Waals surface area contributed by atoms with Gasteiger partial charge in [0.05, 0.1) is 0 Å². The molecule has 1 atom stereocenters. The van der Waals surface area contributed by atoms with Crippen LogP contribution >= 0.6 is 11.8 Å². The molecule has 0 heterocycles. The van der Waals surface area contributed by atoms with E-state index in [1.165, 1.54) is 0 Å². The van der Waals surface area contributed by atoms with Crippen molar-refractivity contribution in [1.82, 2.24) is 4.90 Å². The zero-order valence-corrected chi connectivity index (χ0v) is 12.9. The van der Waals surface area contributed by atoms with Gasteiger partial charge >= 0.3 is 0 Å². The first-order valence-electron chi connectivity index (χ1n) is 6.38. The van der Waals surface area contributed by atoms with Crippen molar-refractivity contribution in [2.45, 2.75) is 26.3 Å². The summed E-state index contributed by atoms with van der Waals surface area (Å²) in [4.78, 5) is 14.3. The summed E-state index contributed by atoms with van der Waals surface area (Å²) in [6, 6.07) is 5.81. The number of carbonyl (C=O) groups excluding carboxylic acids is 1. The van der Waals surface area contributed by atoms with Crippen molar-refractivity contribution in [1.29, 1.82) is 0 Å². The summed E-state index contributed by atoms with van der Waals surface area (Å²) in [5.41, 5.74) is 5.08. The molecule has 1 aromatic carbocycles. The number of aryl methyl sites for hydroxylation is 1. The SMILES string of the molecule is CCC(CSC)N(C)C(=O)c1ccc(NN)cc1C. The highest BCUT2D eigenvalue weighted by Gasteiger charge is 2.20. The molecule has 4 nitrogen and oxygen atoms in total. The van der Waals surface area contributed by atoms with Crippen LogP contribution in [0.3, 0.4) is 0 Å². The van der Waals surface area contributed by atoms with Gasteiger partial charge in [0.1, 0.15) is 0 Å². The van der Waals surface area contributed by atoms with Crippen molar-refractivity contribution in [3.63, 3.8) is 0 Å². The molecule has 0 fully saturated rings. The number of nitrogen functional groups attached to an aromatic ring is 1.